The molecule has 3 aromatic rings. The number of rotatable bonds is 5. The number of hydrogen-bond acceptors (Lipinski definition) is 3. The predicted molar refractivity (Wildman–Crippen MR) is 124 cm³/mol. The summed E-state index contributed by atoms with van der Waals surface area (Å²) in [5.74, 6) is -3.82. The number of carbonyl (C=O) groups is 3. The molecule has 0 bridgehead atoms. The molecule has 0 saturated carbocycles. The fraction of sp³-hybridized carbons (Fsp3) is 0.269. The summed E-state index contributed by atoms with van der Waals surface area (Å²) in [5.41, 5.74) is 0.704. The van der Waals surface area contributed by atoms with Crippen molar-refractivity contribution in [2.24, 2.45) is 5.92 Å². The minimum atomic E-state index is -1.18. The molecule has 0 aromatic heterocycles. The number of hydrogen-bond donors (Lipinski definition) is 2. The summed E-state index contributed by atoms with van der Waals surface area (Å²) >= 11 is 0. The number of nitrogens with zero attached hydrogens (tertiary/aromatic N) is 1. The zero-order valence-corrected chi connectivity index (χ0v) is 18.7. The molecular formula is C26H25F2N3O3. The Balaban J connectivity index is 1.51. The van der Waals surface area contributed by atoms with E-state index in [1.54, 1.807) is 11.0 Å². The van der Waals surface area contributed by atoms with Gasteiger partial charge in [-0.15, -0.1) is 0 Å². The van der Waals surface area contributed by atoms with Crippen LogP contribution in [0.15, 0.2) is 60.7 Å². The SMILES string of the molecule is CNC(=O)C(NC(=O)C1CCCN(C(=O)c2cccc3ccccc23)C1)c1ccc(F)c(F)c1. The summed E-state index contributed by atoms with van der Waals surface area (Å²) < 4.78 is 27.1. The van der Waals surface area contributed by atoms with Crippen molar-refractivity contribution in [3.63, 3.8) is 0 Å². The van der Waals surface area contributed by atoms with Crippen molar-refractivity contribution < 1.29 is 23.2 Å². The standard InChI is InChI=1S/C26H25F2N3O3/c1-29-25(33)23(17-11-12-21(27)22(28)14-17)30-24(32)18-8-5-13-31(15-18)26(34)20-10-4-7-16-6-2-3-9-19(16)20/h2-4,6-7,9-12,14,18,23H,5,8,13,15H2,1H3,(H,29,33)(H,30,32). The molecule has 0 spiro atoms. The molecule has 1 saturated heterocycles. The van der Waals surface area contributed by atoms with Gasteiger partial charge in [-0.05, 0) is 47.4 Å². The van der Waals surface area contributed by atoms with Gasteiger partial charge in [0.25, 0.3) is 5.91 Å². The zero-order valence-electron chi connectivity index (χ0n) is 18.7. The molecule has 1 aliphatic heterocycles. The molecule has 1 fully saturated rings. The van der Waals surface area contributed by atoms with Gasteiger partial charge in [0.1, 0.15) is 6.04 Å². The smallest absolute Gasteiger partial charge is 0.254 e. The minimum Gasteiger partial charge on any atom is -0.357 e. The van der Waals surface area contributed by atoms with Crippen LogP contribution in [0.2, 0.25) is 0 Å². The van der Waals surface area contributed by atoms with Crippen LogP contribution in [-0.4, -0.2) is 42.8 Å². The van der Waals surface area contributed by atoms with Crippen LogP contribution in [-0.2, 0) is 9.59 Å². The monoisotopic (exact) mass is 465 g/mol. The Labute approximate surface area is 195 Å². The van der Waals surface area contributed by atoms with Crippen molar-refractivity contribution >= 4 is 28.5 Å². The molecule has 3 amide bonds. The number of piperidine rings is 1. The third-order valence-electron chi connectivity index (χ3n) is 6.17. The Morgan fingerprint density at radius 2 is 1.76 bits per heavy atom. The van der Waals surface area contributed by atoms with E-state index in [1.807, 2.05) is 36.4 Å². The van der Waals surface area contributed by atoms with Crippen LogP contribution in [0.25, 0.3) is 10.8 Å². The number of fused-ring (bicyclic) bond motifs is 1. The quantitative estimate of drug-likeness (QED) is 0.605. The van der Waals surface area contributed by atoms with Gasteiger partial charge < -0.3 is 15.5 Å². The molecule has 0 aliphatic carbocycles. The van der Waals surface area contributed by atoms with E-state index in [0.29, 0.717) is 24.9 Å². The highest BCUT2D eigenvalue weighted by molar-refractivity contribution is 6.07. The number of amides is 3. The lowest BCUT2D eigenvalue weighted by atomic mass is 9.94. The van der Waals surface area contributed by atoms with Gasteiger partial charge in [-0.25, -0.2) is 8.78 Å². The number of halogens is 2. The maximum absolute atomic E-state index is 13.7. The molecule has 0 radical (unpaired) electrons. The molecule has 2 N–H and O–H groups in total. The lowest BCUT2D eigenvalue weighted by Crippen LogP contribution is -2.48. The van der Waals surface area contributed by atoms with Gasteiger partial charge in [-0.3, -0.25) is 14.4 Å². The van der Waals surface area contributed by atoms with Crippen LogP contribution in [0.4, 0.5) is 8.78 Å². The number of carbonyl (C=O) groups excluding carboxylic acids is 3. The van der Waals surface area contributed by atoms with E-state index < -0.39 is 35.4 Å². The van der Waals surface area contributed by atoms with Gasteiger partial charge in [0, 0.05) is 25.7 Å². The van der Waals surface area contributed by atoms with Crippen LogP contribution in [0.5, 0.6) is 0 Å². The van der Waals surface area contributed by atoms with Crippen LogP contribution in [0.1, 0.15) is 34.8 Å². The van der Waals surface area contributed by atoms with Crippen molar-refractivity contribution in [3.8, 4) is 0 Å². The van der Waals surface area contributed by atoms with E-state index in [9.17, 15) is 23.2 Å². The van der Waals surface area contributed by atoms with Gasteiger partial charge in [0.15, 0.2) is 11.6 Å². The summed E-state index contributed by atoms with van der Waals surface area (Å²) in [5, 5.41) is 6.89. The molecule has 8 heteroatoms. The fourth-order valence-electron chi connectivity index (χ4n) is 4.35. The predicted octanol–water partition coefficient (Wildman–Crippen LogP) is 3.57. The molecule has 2 atom stereocenters. The van der Waals surface area contributed by atoms with Gasteiger partial charge >= 0.3 is 0 Å². The molecule has 1 heterocycles. The maximum atomic E-state index is 13.7. The van der Waals surface area contributed by atoms with Gasteiger partial charge in [-0.1, -0.05) is 42.5 Å². The summed E-state index contributed by atoms with van der Waals surface area (Å²) in [7, 11) is 1.40. The van der Waals surface area contributed by atoms with Crippen molar-refractivity contribution in [3.05, 3.63) is 83.4 Å². The number of nitrogens with one attached hydrogen (secondary N) is 2. The zero-order chi connectivity index (χ0) is 24.2. The van der Waals surface area contributed by atoms with E-state index in [-0.39, 0.29) is 18.0 Å². The van der Waals surface area contributed by atoms with E-state index in [2.05, 4.69) is 10.6 Å². The molecule has 1 aliphatic rings. The third kappa shape index (κ3) is 4.76. The van der Waals surface area contributed by atoms with Crippen molar-refractivity contribution in [1.82, 2.24) is 15.5 Å². The highest BCUT2D eigenvalue weighted by Gasteiger charge is 2.32. The molecule has 34 heavy (non-hydrogen) atoms. The van der Waals surface area contributed by atoms with Gasteiger partial charge in [0.05, 0.1) is 5.92 Å². The second-order valence-electron chi connectivity index (χ2n) is 8.35. The number of likely N-dealkylation sites (tertiary alicyclic amines) is 1. The highest BCUT2D eigenvalue weighted by atomic mass is 19.2. The van der Waals surface area contributed by atoms with E-state index in [1.165, 1.54) is 13.1 Å². The Bertz CT molecular complexity index is 1240. The Morgan fingerprint density at radius 3 is 2.53 bits per heavy atom. The van der Waals surface area contributed by atoms with Crippen LogP contribution in [0.3, 0.4) is 0 Å². The lowest BCUT2D eigenvalue weighted by Gasteiger charge is -2.33. The molecular weight excluding hydrogens is 440 g/mol. The first kappa shape index (κ1) is 23.4. The largest absolute Gasteiger partial charge is 0.357 e. The molecule has 3 aromatic carbocycles. The lowest BCUT2D eigenvalue weighted by molar-refractivity contribution is -0.132. The number of benzene rings is 3. The Kier molecular flexibility index (Phi) is 6.86. The maximum Gasteiger partial charge on any atom is 0.254 e. The molecule has 4 rings (SSSR count). The van der Waals surface area contributed by atoms with E-state index in [4.69, 9.17) is 0 Å². The second-order valence-corrected chi connectivity index (χ2v) is 8.35. The third-order valence-corrected chi connectivity index (χ3v) is 6.17. The molecule has 2 unspecified atom stereocenters. The van der Waals surface area contributed by atoms with Crippen molar-refractivity contribution in [2.75, 3.05) is 20.1 Å². The summed E-state index contributed by atoms with van der Waals surface area (Å²) in [6.45, 7) is 0.722. The van der Waals surface area contributed by atoms with Crippen LogP contribution >= 0.6 is 0 Å². The number of likely N-dealkylation sites (N-methyl/N-ethyl adjacent to an activating group) is 1. The Morgan fingerprint density at radius 1 is 1.00 bits per heavy atom. The normalized spacial score (nSPS) is 16.7. The minimum absolute atomic E-state index is 0.131. The van der Waals surface area contributed by atoms with Gasteiger partial charge in [-0.2, -0.15) is 0 Å². The van der Waals surface area contributed by atoms with Gasteiger partial charge in [0.2, 0.25) is 11.8 Å². The first-order valence-corrected chi connectivity index (χ1v) is 11.1. The summed E-state index contributed by atoms with van der Waals surface area (Å²) in [4.78, 5) is 40.4. The highest BCUT2D eigenvalue weighted by Crippen LogP contribution is 2.25. The van der Waals surface area contributed by atoms with E-state index in [0.717, 1.165) is 22.9 Å². The average Bonchev–Trinajstić information content (AvgIpc) is 2.87. The van der Waals surface area contributed by atoms with Crippen LogP contribution < -0.4 is 10.6 Å². The second kappa shape index (κ2) is 9.99. The summed E-state index contributed by atoms with van der Waals surface area (Å²) in [6, 6.07) is 15.1. The van der Waals surface area contributed by atoms with Crippen molar-refractivity contribution in [1.29, 1.82) is 0 Å². The topological polar surface area (TPSA) is 78.5 Å². The average molecular weight is 466 g/mol. The first-order valence-electron chi connectivity index (χ1n) is 11.1. The summed E-state index contributed by atoms with van der Waals surface area (Å²) in [6.07, 6.45) is 1.17. The fourth-order valence-corrected chi connectivity index (χ4v) is 4.35. The molecule has 176 valence electrons. The van der Waals surface area contributed by atoms with Crippen LogP contribution in [0, 0.1) is 17.6 Å². The van der Waals surface area contributed by atoms with E-state index >= 15 is 0 Å². The first-order chi connectivity index (χ1) is 16.4. The molecule has 6 nitrogen and oxygen atoms in total. The Hall–Kier alpha value is -3.81. The van der Waals surface area contributed by atoms with Crippen molar-refractivity contribution in [2.45, 2.75) is 18.9 Å².